The average Bonchev–Trinajstić information content (AvgIpc) is 2.83. The summed E-state index contributed by atoms with van der Waals surface area (Å²) >= 11 is 0. The minimum atomic E-state index is -0.744. The summed E-state index contributed by atoms with van der Waals surface area (Å²) in [6, 6.07) is 9.22. The molecule has 174 valence electrons. The van der Waals surface area contributed by atoms with Crippen LogP contribution in [-0.2, 0) is 11.3 Å². The molecule has 2 aromatic rings. The van der Waals surface area contributed by atoms with Crippen LogP contribution in [-0.4, -0.2) is 56.5 Å². The Morgan fingerprint density at radius 2 is 1.94 bits per heavy atom. The van der Waals surface area contributed by atoms with E-state index >= 15 is 0 Å². The van der Waals surface area contributed by atoms with Crippen molar-refractivity contribution in [3.8, 4) is 23.3 Å². The van der Waals surface area contributed by atoms with Gasteiger partial charge in [0.1, 0.15) is 28.9 Å². The van der Waals surface area contributed by atoms with E-state index in [-0.39, 0.29) is 17.0 Å². The van der Waals surface area contributed by atoms with Gasteiger partial charge in [0.2, 0.25) is 5.88 Å². The average molecular weight is 453 g/mol. The molecule has 9 heteroatoms. The second-order valence-corrected chi connectivity index (χ2v) is 8.01. The third-order valence-corrected chi connectivity index (χ3v) is 6.18. The Balaban J connectivity index is 1.84. The quantitative estimate of drug-likeness (QED) is 0.705. The fourth-order valence-electron chi connectivity index (χ4n) is 4.41. The van der Waals surface area contributed by atoms with Crippen LogP contribution in [0.25, 0.3) is 0 Å². The standard InChI is InChI=1S/C24H28N4O5/c1-15-12-20-22(24(29)28(15)7-6-27-8-10-32-11-9-27)21(18(14-25)23(26)33-20)17-13-16(30-2)4-5-19(17)31-3/h4-5,12-13,21H,6-11,26H2,1-3H3/t21-/m1/s1. The molecule has 0 bridgehead atoms. The number of pyridine rings is 1. The highest BCUT2D eigenvalue weighted by Crippen LogP contribution is 2.44. The largest absolute Gasteiger partial charge is 0.497 e. The molecular weight excluding hydrogens is 424 g/mol. The molecule has 1 fully saturated rings. The van der Waals surface area contributed by atoms with Gasteiger partial charge >= 0.3 is 0 Å². The number of fused-ring (bicyclic) bond motifs is 1. The van der Waals surface area contributed by atoms with Gasteiger partial charge in [0.05, 0.1) is 38.9 Å². The van der Waals surface area contributed by atoms with Gasteiger partial charge in [-0.15, -0.1) is 0 Å². The maximum atomic E-state index is 13.8. The van der Waals surface area contributed by atoms with Gasteiger partial charge in [-0.05, 0) is 25.1 Å². The third-order valence-electron chi connectivity index (χ3n) is 6.18. The lowest BCUT2D eigenvalue weighted by Gasteiger charge is -2.29. The first kappa shape index (κ1) is 22.7. The first-order chi connectivity index (χ1) is 16.0. The molecule has 0 radical (unpaired) electrons. The summed E-state index contributed by atoms with van der Waals surface area (Å²) in [5.41, 5.74) is 7.81. The van der Waals surface area contributed by atoms with Crippen molar-refractivity contribution in [2.75, 3.05) is 47.1 Å². The van der Waals surface area contributed by atoms with Crippen LogP contribution in [0.2, 0.25) is 0 Å². The molecule has 1 atom stereocenters. The van der Waals surface area contributed by atoms with Crippen molar-refractivity contribution in [1.82, 2.24) is 9.47 Å². The van der Waals surface area contributed by atoms with E-state index in [0.29, 0.717) is 48.1 Å². The SMILES string of the molecule is COc1ccc(OC)c([C@@H]2C(C#N)=C(N)Oc3cc(C)n(CCN4CCOCC4)c(=O)c32)c1. The maximum absolute atomic E-state index is 13.8. The van der Waals surface area contributed by atoms with E-state index < -0.39 is 5.92 Å². The van der Waals surface area contributed by atoms with Crippen LogP contribution in [0.5, 0.6) is 17.2 Å². The van der Waals surface area contributed by atoms with Gasteiger partial charge in [-0.1, -0.05) is 0 Å². The Hall–Kier alpha value is -3.48. The lowest BCUT2D eigenvalue weighted by atomic mass is 9.83. The summed E-state index contributed by atoms with van der Waals surface area (Å²) in [7, 11) is 3.10. The van der Waals surface area contributed by atoms with Gasteiger partial charge in [0.25, 0.3) is 5.56 Å². The van der Waals surface area contributed by atoms with E-state index in [1.165, 1.54) is 0 Å². The zero-order chi connectivity index (χ0) is 23.5. The number of ether oxygens (including phenoxy) is 4. The van der Waals surface area contributed by atoms with E-state index in [9.17, 15) is 10.1 Å². The Labute approximate surface area is 192 Å². The molecule has 0 aliphatic carbocycles. The highest BCUT2D eigenvalue weighted by Gasteiger charge is 2.36. The first-order valence-electron chi connectivity index (χ1n) is 10.8. The molecule has 1 aromatic carbocycles. The maximum Gasteiger partial charge on any atom is 0.258 e. The fourth-order valence-corrected chi connectivity index (χ4v) is 4.41. The summed E-state index contributed by atoms with van der Waals surface area (Å²) in [5.74, 6) is 0.686. The van der Waals surface area contributed by atoms with Crippen LogP contribution in [0.3, 0.4) is 0 Å². The Kier molecular flexibility index (Phi) is 6.58. The van der Waals surface area contributed by atoms with Gasteiger partial charge < -0.3 is 29.2 Å². The molecule has 33 heavy (non-hydrogen) atoms. The van der Waals surface area contributed by atoms with Crippen molar-refractivity contribution in [2.24, 2.45) is 5.73 Å². The number of allylic oxidation sites excluding steroid dienone is 1. The van der Waals surface area contributed by atoms with Gasteiger partial charge in [-0.2, -0.15) is 5.26 Å². The molecule has 2 aliphatic heterocycles. The highest BCUT2D eigenvalue weighted by atomic mass is 16.5. The van der Waals surface area contributed by atoms with E-state index in [2.05, 4.69) is 11.0 Å². The number of benzene rings is 1. The van der Waals surface area contributed by atoms with Gasteiger partial charge in [-0.25, -0.2) is 0 Å². The summed E-state index contributed by atoms with van der Waals surface area (Å²) in [6.45, 7) is 6.16. The minimum Gasteiger partial charge on any atom is -0.497 e. The van der Waals surface area contributed by atoms with Crippen LogP contribution in [0.4, 0.5) is 0 Å². The predicted octanol–water partition coefficient (Wildman–Crippen LogP) is 1.72. The number of aromatic nitrogens is 1. The minimum absolute atomic E-state index is 0.0234. The number of rotatable bonds is 6. The molecule has 1 aromatic heterocycles. The number of morpholine rings is 1. The lowest BCUT2D eigenvalue weighted by Crippen LogP contribution is -2.40. The van der Waals surface area contributed by atoms with E-state index in [0.717, 1.165) is 25.3 Å². The molecule has 0 saturated carbocycles. The molecular formula is C24H28N4O5. The highest BCUT2D eigenvalue weighted by molar-refractivity contribution is 5.59. The smallest absolute Gasteiger partial charge is 0.258 e. The monoisotopic (exact) mass is 452 g/mol. The zero-order valence-electron chi connectivity index (χ0n) is 19.1. The Morgan fingerprint density at radius 3 is 2.61 bits per heavy atom. The second kappa shape index (κ2) is 9.57. The molecule has 2 N–H and O–H groups in total. The number of nitrogens with two attached hydrogens (primary N) is 1. The number of nitriles is 1. The van der Waals surface area contributed by atoms with Crippen LogP contribution in [0.1, 0.15) is 22.7 Å². The zero-order valence-corrected chi connectivity index (χ0v) is 19.1. The van der Waals surface area contributed by atoms with Gasteiger partial charge in [-0.3, -0.25) is 9.69 Å². The van der Waals surface area contributed by atoms with Crippen molar-refractivity contribution in [2.45, 2.75) is 19.4 Å². The number of hydrogen-bond acceptors (Lipinski definition) is 8. The first-order valence-corrected chi connectivity index (χ1v) is 10.8. The summed E-state index contributed by atoms with van der Waals surface area (Å²) in [4.78, 5) is 16.1. The summed E-state index contributed by atoms with van der Waals surface area (Å²) in [5, 5.41) is 9.93. The number of nitrogens with zero attached hydrogens (tertiary/aromatic N) is 3. The predicted molar refractivity (Wildman–Crippen MR) is 122 cm³/mol. The molecule has 0 spiro atoms. The van der Waals surface area contributed by atoms with Crippen molar-refractivity contribution >= 4 is 0 Å². The number of hydrogen-bond donors (Lipinski definition) is 1. The van der Waals surface area contributed by atoms with E-state index in [1.54, 1.807) is 43.1 Å². The molecule has 3 heterocycles. The number of methoxy groups -OCH3 is 2. The van der Waals surface area contributed by atoms with Crippen molar-refractivity contribution in [1.29, 1.82) is 5.26 Å². The summed E-state index contributed by atoms with van der Waals surface area (Å²) in [6.07, 6.45) is 0. The molecule has 9 nitrogen and oxygen atoms in total. The number of aryl methyl sites for hydroxylation is 1. The third kappa shape index (κ3) is 4.27. The summed E-state index contributed by atoms with van der Waals surface area (Å²) < 4.78 is 23.9. The topological polar surface area (TPSA) is 112 Å². The van der Waals surface area contributed by atoms with E-state index in [1.807, 2.05) is 6.92 Å². The van der Waals surface area contributed by atoms with Gasteiger partial charge in [0.15, 0.2) is 0 Å². The molecule has 4 rings (SSSR count). The van der Waals surface area contributed by atoms with Crippen LogP contribution >= 0.6 is 0 Å². The van der Waals surface area contributed by atoms with E-state index in [4.69, 9.17) is 24.7 Å². The molecule has 2 aliphatic rings. The van der Waals surface area contributed by atoms with Crippen LogP contribution in [0.15, 0.2) is 40.5 Å². The molecule has 1 saturated heterocycles. The Bertz CT molecular complexity index is 1170. The second-order valence-electron chi connectivity index (χ2n) is 8.01. The molecule has 0 unspecified atom stereocenters. The van der Waals surface area contributed by atoms with Crippen molar-refractivity contribution < 1.29 is 18.9 Å². The fraction of sp³-hybridized carbons (Fsp3) is 0.417. The lowest BCUT2D eigenvalue weighted by molar-refractivity contribution is 0.0362. The normalized spacial score (nSPS) is 18.3. The van der Waals surface area contributed by atoms with Gasteiger partial charge in [0, 0.05) is 43.5 Å². The van der Waals surface area contributed by atoms with Crippen LogP contribution in [0, 0.1) is 18.3 Å². The van der Waals surface area contributed by atoms with Crippen molar-refractivity contribution in [3.05, 3.63) is 62.9 Å². The Morgan fingerprint density at radius 1 is 1.18 bits per heavy atom. The van der Waals surface area contributed by atoms with Crippen molar-refractivity contribution in [3.63, 3.8) is 0 Å². The van der Waals surface area contributed by atoms with Crippen LogP contribution < -0.4 is 25.5 Å². The molecule has 0 amide bonds.